The zero-order chi connectivity index (χ0) is 19.6. The molecule has 1 heterocycles. The van der Waals surface area contributed by atoms with E-state index >= 15 is 0 Å². The molecule has 0 bridgehead atoms. The largest absolute Gasteiger partial charge is 0.465 e. The highest BCUT2D eigenvalue weighted by atomic mass is 16.5. The number of methoxy groups -OCH3 is 1. The Morgan fingerprint density at radius 2 is 1.63 bits per heavy atom. The molecule has 144 valence electrons. The zero-order valence-corrected chi connectivity index (χ0v) is 15.5. The molecule has 1 saturated heterocycles. The molecule has 2 amide bonds. The van der Waals surface area contributed by atoms with Crippen LogP contribution in [0.5, 0.6) is 0 Å². The summed E-state index contributed by atoms with van der Waals surface area (Å²) < 4.78 is 9.91. The highest BCUT2D eigenvalue weighted by molar-refractivity contribution is 6.07. The van der Waals surface area contributed by atoms with Crippen LogP contribution in [0.15, 0.2) is 24.3 Å². The number of amides is 2. The number of hydrogen-bond acceptors (Lipinski definition) is 6. The molecule has 1 aliphatic heterocycles. The van der Waals surface area contributed by atoms with Crippen molar-refractivity contribution in [1.29, 1.82) is 0 Å². The molecule has 2 fully saturated rings. The molecule has 1 saturated carbocycles. The molecule has 3 rings (SSSR count). The van der Waals surface area contributed by atoms with E-state index in [0.29, 0.717) is 24.0 Å². The summed E-state index contributed by atoms with van der Waals surface area (Å²) in [5.41, 5.74) is 1.09. The van der Waals surface area contributed by atoms with E-state index in [0.717, 1.165) is 17.7 Å². The minimum atomic E-state index is -0.940. The van der Waals surface area contributed by atoms with Crippen molar-refractivity contribution in [2.45, 2.75) is 45.3 Å². The first-order chi connectivity index (χ1) is 12.9. The van der Waals surface area contributed by atoms with Crippen molar-refractivity contribution in [3.8, 4) is 0 Å². The van der Waals surface area contributed by atoms with Crippen LogP contribution in [0.4, 0.5) is 0 Å². The van der Waals surface area contributed by atoms with E-state index in [1.807, 2.05) is 0 Å². The Balaban J connectivity index is 1.60. The summed E-state index contributed by atoms with van der Waals surface area (Å²) in [5, 5.41) is 0. The summed E-state index contributed by atoms with van der Waals surface area (Å²) in [6.07, 6.45) is 3.29. The second-order valence-electron chi connectivity index (χ2n) is 7.02. The Bertz CT molecular complexity index is 732. The molecule has 0 spiro atoms. The van der Waals surface area contributed by atoms with Crippen LogP contribution in [0, 0.1) is 11.8 Å². The Morgan fingerprint density at radius 1 is 1.07 bits per heavy atom. The van der Waals surface area contributed by atoms with Crippen molar-refractivity contribution in [3.05, 3.63) is 35.4 Å². The lowest BCUT2D eigenvalue weighted by Gasteiger charge is -2.21. The summed E-state index contributed by atoms with van der Waals surface area (Å²) in [5.74, 6) is -2.14. The minimum Gasteiger partial charge on any atom is -0.465 e. The van der Waals surface area contributed by atoms with E-state index in [9.17, 15) is 19.2 Å². The Hall–Kier alpha value is -2.70. The number of hydrogen-bond donors (Lipinski definition) is 0. The SMILES string of the molecule is COC(=O)c1ccc(COC(=O)[C@H](C)N2C(=O)[C@H]3CCCC[C@H]3C2=O)cc1. The van der Waals surface area contributed by atoms with Gasteiger partial charge in [0.05, 0.1) is 24.5 Å². The summed E-state index contributed by atoms with van der Waals surface area (Å²) in [6, 6.07) is 5.54. The molecular formula is C20H23NO6. The summed E-state index contributed by atoms with van der Waals surface area (Å²) >= 11 is 0. The van der Waals surface area contributed by atoms with Gasteiger partial charge in [0.15, 0.2) is 0 Å². The molecule has 1 aromatic rings. The number of rotatable bonds is 5. The maximum Gasteiger partial charge on any atom is 0.337 e. The molecular weight excluding hydrogens is 350 g/mol. The normalized spacial score (nSPS) is 23.0. The fourth-order valence-corrected chi connectivity index (χ4v) is 3.81. The molecule has 27 heavy (non-hydrogen) atoms. The van der Waals surface area contributed by atoms with Gasteiger partial charge in [0, 0.05) is 0 Å². The first kappa shape index (κ1) is 19.1. The third-order valence-electron chi connectivity index (χ3n) is 5.36. The summed E-state index contributed by atoms with van der Waals surface area (Å²) in [4.78, 5) is 50.0. The number of imide groups is 1. The fourth-order valence-electron chi connectivity index (χ4n) is 3.81. The van der Waals surface area contributed by atoms with Gasteiger partial charge in [-0.3, -0.25) is 14.5 Å². The van der Waals surface area contributed by atoms with Crippen LogP contribution in [0.3, 0.4) is 0 Å². The molecule has 0 radical (unpaired) electrons. The topological polar surface area (TPSA) is 90.0 Å². The number of carbonyl (C=O) groups is 4. The van der Waals surface area contributed by atoms with E-state index in [1.54, 1.807) is 24.3 Å². The highest BCUT2D eigenvalue weighted by Crippen LogP contribution is 2.38. The zero-order valence-electron chi connectivity index (χ0n) is 15.5. The highest BCUT2D eigenvalue weighted by Gasteiger charge is 2.51. The molecule has 7 heteroatoms. The predicted molar refractivity (Wildman–Crippen MR) is 94.3 cm³/mol. The van der Waals surface area contributed by atoms with Gasteiger partial charge in [-0.2, -0.15) is 0 Å². The van der Waals surface area contributed by atoms with E-state index in [-0.39, 0.29) is 30.3 Å². The molecule has 7 nitrogen and oxygen atoms in total. The second-order valence-corrected chi connectivity index (χ2v) is 7.02. The van der Waals surface area contributed by atoms with Crippen molar-refractivity contribution in [1.82, 2.24) is 4.90 Å². The number of ether oxygens (including phenoxy) is 2. The number of benzene rings is 1. The van der Waals surface area contributed by atoms with Gasteiger partial charge in [0.2, 0.25) is 11.8 Å². The lowest BCUT2D eigenvalue weighted by molar-refractivity contribution is -0.159. The number of carbonyl (C=O) groups excluding carboxylic acids is 4. The van der Waals surface area contributed by atoms with Crippen LogP contribution in [-0.2, 0) is 30.5 Å². The van der Waals surface area contributed by atoms with Crippen molar-refractivity contribution < 1.29 is 28.7 Å². The number of likely N-dealkylation sites (tertiary alicyclic amines) is 1. The third kappa shape index (κ3) is 3.72. The Morgan fingerprint density at radius 3 is 2.15 bits per heavy atom. The first-order valence-electron chi connectivity index (χ1n) is 9.15. The molecule has 3 atom stereocenters. The quantitative estimate of drug-likeness (QED) is 0.580. The van der Waals surface area contributed by atoms with E-state index < -0.39 is 18.0 Å². The van der Waals surface area contributed by atoms with Gasteiger partial charge in [-0.05, 0) is 37.5 Å². The lowest BCUT2D eigenvalue weighted by atomic mass is 9.81. The van der Waals surface area contributed by atoms with Crippen molar-refractivity contribution in [2.75, 3.05) is 7.11 Å². The molecule has 1 aliphatic carbocycles. The van der Waals surface area contributed by atoms with Crippen LogP contribution in [0.2, 0.25) is 0 Å². The monoisotopic (exact) mass is 373 g/mol. The van der Waals surface area contributed by atoms with Gasteiger partial charge in [0.1, 0.15) is 12.6 Å². The van der Waals surface area contributed by atoms with Gasteiger partial charge in [-0.15, -0.1) is 0 Å². The van der Waals surface area contributed by atoms with Gasteiger partial charge in [-0.1, -0.05) is 25.0 Å². The molecule has 1 aromatic carbocycles. The number of esters is 2. The third-order valence-corrected chi connectivity index (χ3v) is 5.36. The van der Waals surface area contributed by atoms with Crippen LogP contribution in [0.25, 0.3) is 0 Å². The predicted octanol–water partition coefficient (Wildman–Crippen LogP) is 2.08. The first-order valence-corrected chi connectivity index (χ1v) is 9.15. The van der Waals surface area contributed by atoms with Crippen LogP contribution >= 0.6 is 0 Å². The van der Waals surface area contributed by atoms with Crippen LogP contribution in [0.1, 0.15) is 48.5 Å². The fraction of sp³-hybridized carbons (Fsp3) is 0.500. The smallest absolute Gasteiger partial charge is 0.337 e. The summed E-state index contributed by atoms with van der Waals surface area (Å²) in [6.45, 7) is 1.52. The van der Waals surface area contributed by atoms with Crippen molar-refractivity contribution in [3.63, 3.8) is 0 Å². The molecule has 2 aliphatic rings. The maximum absolute atomic E-state index is 12.6. The van der Waals surface area contributed by atoms with E-state index in [4.69, 9.17) is 4.74 Å². The molecule has 0 aromatic heterocycles. The van der Waals surface area contributed by atoms with Gasteiger partial charge in [-0.25, -0.2) is 9.59 Å². The van der Waals surface area contributed by atoms with Crippen LogP contribution in [-0.4, -0.2) is 41.8 Å². The van der Waals surface area contributed by atoms with Crippen molar-refractivity contribution in [2.24, 2.45) is 11.8 Å². The van der Waals surface area contributed by atoms with Crippen molar-refractivity contribution >= 4 is 23.8 Å². The minimum absolute atomic E-state index is 0.00625. The maximum atomic E-state index is 12.6. The average molecular weight is 373 g/mol. The number of fused-ring (bicyclic) bond motifs is 1. The lowest BCUT2D eigenvalue weighted by Crippen LogP contribution is -2.44. The van der Waals surface area contributed by atoms with E-state index in [2.05, 4.69) is 4.74 Å². The molecule has 0 unspecified atom stereocenters. The second kappa shape index (κ2) is 7.90. The van der Waals surface area contributed by atoms with E-state index in [1.165, 1.54) is 14.0 Å². The van der Waals surface area contributed by atoms with Gasteiger partial charge < -0.3 is 9.47 Å². The summed E-state index contributed by atoms with van der Waals surface area (Å²) in [7, 11) is 1.30. The standard InChI is InChI=1S/C20H23NO6/c1-12(21-17(22)15-5-3-4-6-16(15)18(21)23)19(24)27-11-13-7-9-14(10-8-13)20(25)26-2/h7-10,12,15-16H,3-6,11H2,1-2H3/t12-,15-,16+/m0/s1. The van der Waals surface area contributed by atoms with Gasteiger partial charge >= 0.3 is 11.9 Å². The van der Waals surface area contributed by atoms with Crippen LogP contribution < -0.4 is 0 Å². The Kier molecular flexibility index (Phi) is 5.58. The average Bonchev–Trinajstić information content (AvgIpc) is 2.96. The molecule has 0 N–H and O–H groups in total. The Labute approximate surface area is 157 Å². The van der Waals surface area contributed by atoms with Gasteiger partial charge in [0.25, 0.3) is 0 Å². The number of nitrogens with zero attached hydrogens (tertiary/aromatic N) is 1.